The molecule has 0 unspecified atom stereocenters. The molecule has 158 valence electrons. The van der Waals surface area contributed by atoms with Gasteiger partial charge in [-0.15, -0.1) is 0 Å². The highest BCUT2D eigenvalue weighted by Gasteiger charge is 2.24. The van der Waals surface area contributed by atoms with Crippen LogP contribution in [0.5, 0.6) is 5.75 Å². The summed E-state index contributed by atoms with van der Waals surface area (Å²) in [7, 11) is -2.48. The molecule has 2 rings (SSSR count). The number of ether oxygens (including phenoxy) is 1. The second-order valence-corrected chi connectivity index (χ2v) is 9.28. The zero-order chi connectivity index (χ0) is 21.9. The quantitative estimate of drug-likeness (QED) is 0.688. The van der Waals surface area contributed by atoms with Crippen molar-refractivity contribution in [2.45, 2.75) is 51.6 Å². The molecule has 0 aliphatic carbocycles. The number of benzene rings is 2. The molecule has 0 heterocycles. The van der Waals surface area contributed by atoms with Gasteiger partial charge >= 0.3 is 0 Å². The Balaban J connectivity index is 2.12. The molecule has 0 bridgehead atoms. The molecule has 2 atom stereocenters. The molecule has 0 aliphatic rings. The Morgan fingerprint density at radius 3 is 2.24 bits per heavy atom. The molecule has 0 saturated heterocycles. The highest BCUT2D eigenvalue weighted by atomic mass is 35.5. The Labute approximate surface area is 177 Å². The third-order valence-corrected chi connectivity index (χ3v) is 6.70. The SMILES string of the molecule is COc1ccc(S(=O)(=O)N[C@@H](C)C(=O)N[C@H](C)c2cc(C)c(C)cc2C)cc1Cl. The Morgan fingerprint density at radius 1 is 1.03 bits per heavy atom. The van der Waals surface area contributed by atoms with E-state index in [0.717, 1.165) is 16.7 Å². The third-order valence-electron chi connectivity index (χ3n) is 4.87. The number of carbonyl (C=O) groups excluding carboxylic acids is 1. The smallest absolute Gasteiger partial charge is 0.241 e. The number of aryl methyl sites for hydroxylation is 3. The van der Waals surface area contributed by atoms with E-state index in [1.165, 1.54) is 37.8 Å². The van der Waals surface area contributed by atoms with Gasteiger partial charge in [-0.3, -0.25) is 4.79 Å². The van der Waals surface area contributed by atoms with E-state index in [1.807, 2.05) is 33.8 Å². The predicted molar refractivity (Wildman–Crippen MR) is 115 cm³/mol. The maximum absolute atomic E-state index is 12.6. The van der Waals surface area contributed by atoms with Crippen molar-refractivity contribution >= 4 is 27.5 Å². The van der Waals surface area contributed by atoms with Crippen LogP contribution in [0.1, 0.15) is 42.1 Å². The number of sulfonamides is 1. The normalized spacial score (nSPS) is 13.6. The van der Waals surface area contributed by atoms with Crippen molar-refractivity contribution in [1.82, 2.24) is 10.0 Å². The summed E-state index contributed by atoms with van der Waals surface area (Å²) in [5, 5.41) is 3.05. The van der Waals surface area contributed by atoms with Crippen LogP contribution in [-0.4, -0.2) is 27.5 Å². The largest absolute Gasteiger partial charge is 0.495 e. The maximum atomic E-state index is 12.6. The van der Waals surface area contributed by atoms with Crippen LogP contribution >= 0.6 is 11.6 Å². The summed E-state index contributed by atoms with van der Waals surface area (Å²) < 4.78 is 32.6. The molecule has 0 fully saturated rings. The zero-order valence-electron chi connectivity index (χ0n) is 17.5. The summed E-state index contributed by atoms with van der Waals surface area (Å²) in [6.07, 6.45) is 0. The Bertz CT molecular complexity index is 1020. The highest BCUT2D eigenvalue weighted by molar-refractivity contribution is 7.89. The van der Waals surface area contributed by atoms with Crippen LogP contribution in [0.2, 0.25) is 5.02 Å². The monoisotopic (exact) mass is 438 g/mol. The first-order valence-corrected chi connectivity index (χ1v) is 11.1. The number of halogens is 1. The van der Waals surface area contributed by atoms with Gasteiger partial charge in [0.25, 0.3) is 0 Å². The fourth-order valence-corrected chi connectivity index (χ4v) is 4.59. The summed E-state index contributed by atoms with van der Waals surface area (Å²) >= 11 is 6.01. The molecule has 0 spiro atoms. The molecule has 6 nitrogen and oxygen atoms in total. The average molecular weight is 439 g/mol. The summed E-state index contributed by atoms with van der Waals surface area (Å²) in [6.45, 7) is 9.42. The lowest BCUT2D eigenvalue weighted by atomic mass is 9.96. The molecule has 0 radical (unpaired) electrons. The van der Waals surface area contributed by atoms with Crippen molar-refractivity contribution in [3.63, 3.8) is 0 Å². The minimum atomic E-state index is -3.92. The molecule has 2 N–H and O–H groups in total. The van der Waals surface area contributed by atoms with E-state index in [2.05, 4.69) is 16.1 Å². The Hall–Kier alpha value is -2.09. The first-order valence-electron chi connectivity index (χ1n) is 9.20. The van der Waals surface area contributed by atoms with E-state index in [9.17, 15) is 13.2 Å². The van der Waals surface area contributed by atoms with E-state index in [1.54, 1.807) is 0 Å². The zero-order valence-corrected chi connectivity index (χ0v) is 19.0. The van der Waals surface area contributed by atoms with Gasteiger partial charge in [-0.05, 0) is 75.1 Å². The molecule has 2 aromatic carbocycles. The lowest BCUT2D eigenvalue weighted by molar-refractivity contribution is -0.123. The predicted octanol–water partition coefficient (Wildman–Crippen LogP) is 3.82. The second kappa shape index (κ2) is 9.15. The van der Waals surface area contributed by atoms with Crippen LogP contribution < -0.4 is 14.8 Å². The van der Waals surface area contributed by atoms with Crippen LogP contribution in [0.3, 0.4) is 0 Å². The number of carbonyl (C=O) groups is 1. The Kier molecular flexibility index (Phi) is 7.32. The van der Waals surface area contributed by atoms with Gasteiger partial charge in [0.05, 0.1) is 29.1 Å². The van der Waals surface area contributed by atoms with Crippen molar-refractivity contribution in [3.05, 3.63) is 57.6 Å². The van der Waals surface area contributed by atoms with Crippen molar-refractivity contribution in [2.75, 3.05) is 7.11 Å². The number of amides is 1. The number of hydrogen-bond acceptors (Lipinski definition) is 4. The molecule has 29 heavy (non-hydrogen) atoms. The maximum Gasteiger partial charge on any atom is 0.241 e. The van der Waals surface area contributed by atoms with Crippen LogP contribution in [0.25, 0.3) is 0 Å². The summed E-state index contributed by atoms with van der Waals surface area (Å²) in [4.78, 5) is 12.5. The topological polar surface area (TPSA) is 84.5 Å². The van der Waals surface area contributed by atoms with E-state index >= 15 is 0 Å². The standard InChI is InChI=1S/C21H27ClN2O4S/c1-12-9-14(3)18(10-13(12)2)15(4)23-21(25)16(5)24-29(26,27)17-7-8-20(28-6)19(22)11-17/h7-11,15-16,24H,1-6H3,(H,23,25)/t15-,16+/m1/s1. The van der Waals surface area contributed by atoms with Gasteiger partial charge in [-0.1, -0.05) is 23.7 Å². The van der Waals surface area contributed by atoms with Crippen molar-refractivity contribution in [2.24, 2.45) is 0 Å². The van der Waals surface area contributed by atoms with Gasteiger partial charge in [0, 0.05) is 0 Å². The molecule has 2 aromatic rings. The van der Waals surface area contributed by atoms with Gasteiger partial charge in [0.2, 0.25) is 15.9 Å². The minimum absolute atomic E-state index is 0.0407. The molecular formula is C21H27ClN2O4S. The second-order valence-electron chi connectivity index (χ2n) is 7.16. The summed E-state index contributed by atoms with van der Waals surface area (Å²) in [5.41, 5.74) is 4.39. The first-order chi connectivity index (χ1) is 13.5. The number of rotatable bonds is 7. The van der Waals surface area contributed by atoms with Crippen LogP contribution in [0, 0.1) is 20.8 Å². The van der Waals surface area contributed by atoms with E-state index in [0.29, 0.717) is 5.75 Å². The lowest BCUT2D eigenvalue weighted by Gasteiger charge is -2.21. The highest BCUT2D eigenvalue weighted by Crippen LogP contribution is 2.27. The van der Waals surface area contributed by atoms with E-state index in [-0.39, 0.29) is 16.0 Å². The van der Waals surface area contributed by atoms with Gasteiger partial charge < -0.3 is 10.1 Å². The van der Waals surface area contributed by atoms with Crippen LogP contribution in [0.15, 0.2) is 35.2 Å². The van der Waals surface area contributed by atoms with E-state index in [4.69, 9.17) is 16.3 Å². The van der Waals surface area contributed by atoms with Gasteiger partial charge in [-0.2, -0.15) is 4.72 Å². The molecule has 0 aromatic heterocycles. The van der Waals surface area contributed by atoms with Crippen molar-refractivity contribution < 1.29 is 17.9 Å². The first kappa shape index (κ1) is 23.2. The third kappa shape index (κ3) is 5.50. The molecule has 0 saturated carbocycles. The number of hydrogen-bond donors (Lipinski definition) is 2. The number of nitrogens with one attached hydrogen (secondary N) is 2. The molecular weight excluding hydrogens is 412 g/mol. The Morgan fingerprint density at radius 2 is 1.66 bits per heavy atom. The molecule has 0 aliphatic heterocycles. The minimum Gasteiger partial charge on any atom is -0.495 e. The van der Waals surface area contributed by atoms with Crippen molar-refractivity contribution in [3.8, 4) is 5.75 Å². The molecule has 8 heteroatoms. The lowest BCUT2D eigenvalue weighted by Crippen LogP contribution is -2.45. The van der Waals surface area contributed by atoms with Gasteiger partial charge in [0.15, 0.2) is 0 Å². The average Bonchev–Trinajstić information content (AvgIpc) is 2.64. The van der Waals surface area contributed by atoms with E-state index < -0.39 is 22.0 Å². The van der Waals surface area contributed by atoms with Crippen molar-refractivity contribution in [1.29, 1.82) is 0 Å². The van der Waals surface area contributed by atoms with Crippen LogP contribution in [-0.2, 0) is 14.8 Å². The van der Waals surface area contributed by atoms with Crippen LogP contribution in [0.4, 0.5) is 0 Å². The molecule has 1 amide bonds. The number of methoxy groups -OCH3 is 1. The summed E-state index contributed by atoms with van der Waals surface area (Å²) in [6, 6.07) is 7.02. The fourth-order valence-electron chi connectivity index (χ4n) is 3.03. The summed E-state index contributed by atoms with van der Waals surface area (Å²) in [5.74, 6) is -0.0488. The van der Waals surface area contributed by atoms with Gasteiger partial charge in [0.1, 0.15) is 5.75 Å². The van der Waals surface area contributed by atoms with Gasteiger partial charge in [-0.25, -0.2) is 8.42 Å². The fraction of sp³-hybridized carbons (Fsp3) is 0.381.